The van der Waals surface area contributed by atoms with Gasteiger partial charge >= 0.3 is 5.97 Å². The maximum absolute atomic E-state index is 12.7. The first-order valence-corrected chi connectivity index (χ1v) is 6.83. The number of fused-ring (bicyclic) bond motifs is 1. The summed E-state index contributed by atoms with van der Waals surface area (Å²) >= 11 is 0. The van der Waals surface area contributed by atoms with Crippen LogP contribution in [0, 0.1) is 6.92 Å². The highest BCUT2D eigenvalue weighted by Crippen LogP contribution is 2.27. The summed E-state index contributed by atoms with van der Waals surface area (Å²) in [6.07, 6.45) is 0. The lowest BCUT2D eigenvalue weighted by Crippen LogP contribution is -2.18. The SMILES string of the molecule is COC(=O)c1c(-c2ccccc2)oc2c(C)cccc2c1=O.Cl. The molecule has 0 aliphatic carbocycles. The van der Waals surface area contributed by atoms with Gasteiger partial charge in [0, 0.05) is 5.56 Å². The molecule has 5 heteroatoms. The molecule has 0 fully saturated rings. The zero-order chi connectivity index (χ0) is 15.7. The van der Waals surface area contributed by atoms with Crippen molar-refractivity contribution in [3.8, 4) is 11.3 Å². The van der Waals surface area contributed by atoms with Crippen LogP contribution in [0.5, 0.6) is 0 Å². The van der Waals surface area contributed by atoms with E-state index in [1.807, 2.05) is 31.2 Å². The third-order valence-corrected chi connectivity index (χ3v) is 3.54. The van der Waals surface area contributed by atoms with Crippen molar-refractivity contribution in [2.45, 2.75) is 6.92 Å². The van der Waals surface area contributed by atoms with E-state index in [-0.39, 0.29) is 29.2 Å². The first-order valence-electron chi connectivity index (χ1n) is 6.83. The second-order valence-electron chi connectivity index (χ2n) is 4.94. The van der Waals surface area contributed by atoms with Gasteiger partial charge < -0.3 is 9.15 Å². The van der Waals surface area contributed by atoms with Crippen LogP contribution in [0.2, 0.25) is 0 Å². The third kappa shape index (κ3) is 2.85. The van der Waals surface area contributed by atoms with E-state index in [4.69, 9.17) is 9.15 Å². The fraction of sp³-hybridized carbons (Fsp3) is 0.111. The molecule has 4 nitrogen and oxygen atoms in total. The van der Waals surface area contributed by atoms with Gasteiger partial charge in [-0.25, -0.2) is 4.79 Å². The van der Waals surface area contributed by atoms with Gasteiger partial charge in [-0.15, -0.1) is 12.4 Å². The van der Waals surface area contributed by atoms with Crippen molar-refractivity contribution >= 4 is 29.3 Å². The normalized spacial score (nSPS) is 10.2. The minimum absolute atomic E-state index is 0. The summed E-state index contributed by atoms with van der Waals surface area (Å²) < 4.78 is 10.7. The summed E-state index contributed by atoms with van der Waals surface area (Å²) in [5.74, 6) is -0.463. The van der Waals surface area contributed by atoms with Gasteiger partial charge in [0.2, 0.25) is 5.43 Å². The van der Waals surface area contributed by atoms with E-state index < -0.39 is 5.97 Å². The molecular formula is C18H15ClO4. The van der Waals surface area contributed by atoms with E-state index in [0.717, 1.165) is 5.56 Å². The van der Waals surface area contributed by atoms with Crippen LogP contribution in [0.4, 0.5) is 0 Å². The van der Waals surface area contributed by atoms with E-state index in [9.17, 15) is 9.59 Å². The molecule has 0 aliphatic heterocycles. The van der Waals surface area contributed by atoms with E-state index in [0.29, 0.717) is 16.5 Å². The Hall–Kier alpha value is -2.59. The van der Waals surface area contributed by atoms with Crippen molar-refractivity contribution in [2.24, 2.45) is 0 Å². The highest BCUT2D eigenvalue weighted by molar-refractivity contribution is 5.99. The summed E-state index contributed by atoms with van der Waals surface area (Å²) in [6, 6.07) is 14.3. The Labute approximate surface area is 139 Å². The van der Waals surface area contributed by atoms with Gasteiger partial charge in [-0.3, -0.25) is 4.79 Å². The monoisotopic (exact) mass is 330 g/mol. The quantitative estimate of drug-likeness (QED) is 0.667. The molecule has 0 N–H and O–H groups in total. The fourth-order valence-electron chi connectivity index (χ4n) is 2.44. The highest BCUT2D eigenvalue weighted by Gasteiger charge is 2.23. The van der Waals surface area contributed by atoms with Gasteiger partial charge in [0.05, 0.1) is 12.5 Å². The van der Waals surface area contributed by atoms with E-state index >= 15 is 0 Å². The number of carbonyl (C=O) groups excluding carboxylic acids is 1. The van der Waals surface area contributed by atoms with Crippen molar-refractivity contribution in [3.63, 3.8) is 0 Å². The topological polar surface area (TPSA) is 56.5 Å². The number of hydrogen-bond donors (Lipinski definition) is 0. The number of benzene rings is 2. The third-order valence-electron chi connectivity index (χ3n) is 3.54. The highest BCUT2D eigenvalue weighted by atomic mass is 35.5. The molecule has 0 amide bonds. The second kappa shape index (κ2) is 6.67. The lowest BCUT2D eigenvalue weighted by atomic mass is 10.0. The van der Waals surface area contributed by atoms with E-state index in [1.165, 1.54) is 7.11 Å². The van der Waals surface area contributed by atoms with Crippen LogP contribution in [0.3, 0.4) is 0 Å². The van der Waals surface area contributed by atoms with Crippen LogP contribution in [-0.2, 0) is 4.74 Å². The molecular weight excluding hydrogens is 316 g/mol. The Morgan fingerprint density at radius 1 is 1.04 bits per heavy atom. The molecule has 0 radical (unpaired) electrons. The average molecular weight is 331 g/mol. The molecule has 23 heavy (non-hydrogen) atoms. The number of carbonyl (C=O) groups is 1. The Bertz CT molecular complexity index is 913. The second-order valence-corrected chi connectivity index (χ2v) is 4.94. The first kappa shape index (κ1) is 16.8. The maximum Gasteiger partial charge on any atom is 0.345 e. The number of methoxy groups -OCH3 is 1. The molecule has 1 aromatic heterocycles. The molecule has 0 aliphatic rings. The number of aryl methyl sites for hydroxylation is 1. The molecule has 0 spiro atoms. The van der Waals surface area contributed by atoms with Crippen molar-refractivity contribution in [2.75, 3.05) is 7.11 Å². The fourth-order valence-corrected chi connectivity index (χ4v) is 2.44. The van der Waals surface area contributed by atoms with Gasteiger partial charge in [-0.05, 0) is 18.6 Å². The number of halogens is 1. The number of hydrogen-bond acceptors (Lipinski definition) is 4. The lowest BCUT2D eigenvalue weighted by molar-refractivity contribution is 0.0598. The van der Waals surface area contributed by atoms with Crippen molar-refractivity contribution < 1.29 is 13.9 Å². The summed E-state index contributed by atoms with van der Waals surface area (Å²) in [4.78, 5) is 24.8. The molecule has 2 aromatic carbocycles. The Morgan fingerprint density at radius 2 is 1.74 bits per heavy atom. The molecule has 118 valence electrons. The minimum atomic E-state index is -0.698. The van der Waals surface area contributed by atoms with Crippen LogP contribution < -0.4 is 5.43 Å². The van der Waals surface area contributed by atoms with E-state index in [1.54, 1.807) is 24.3 Å². The predicted octanol–water partition coefficient (Wildman–Crippen LogP) is 3.98. The lowest BCUT2D eigenvalue weighted by Gasteiger charge is -2.10. The van der Waals surface area contributed by atoms with Gasteiger partial charge in [0.1, 0.15) is 5.58 Å². The molecule has 0 atom stereocenters. The van der Waals surface area contributed by atoms with Gasteiger partial charge in [0.25, 0.3) is 0 Å². The van der Waals surface area contributed by atoms with E-state index in [2.05, 4.69) is 0 Å². The van der Waals surface area contributed by atoms with Crippen molar-refractivity contribution in [1.82, 2.24) is 0 Å². The van der Waals surface area contributed by atoms with Crippen molar-refractivity contribution in [3.05, 3.63) is 69.9 Å². The zero-order valence-electron chi connectivity index (χ0n) is 12.7. The van der Waals surface area contributed by atoms with Crippen LogP contribution in [0.25, 0.3) is 22.3 Å². The summed E-state index contributed by atoms with van der Waals surface area (Å²) in [7, 11) is 1.25. The molecule has 0 saturated carbocycles. The van der Waals surface area contributed by atoms with Crippen LogP contribution in [0.1, 0.15) is 15.9 Å². The molecule has 0 saturated heterocycles. The molecule has 0 unspecified atom stereocenters. The summed E-state index contributed by atoms with van der Waals surface area (Å²) in [5, 5.41) is 0.375. The number of rotatable bonds is 2. The molecule has 3 rings (SSSR count). The van der Waals surface area contributed by atoms with Crippen molar-refractivity contribution in [1.29, 1.82) is 0 Å². The molecule has 0 bridgehead atoms. The average Bonchev–Trinajstić information content (AvgIpc) is 2.55. The summed E-state index contributed by atoms with van der Waals surface area (Å²) in [6.45, 7) is 1.86. The largest absolute Gasteiger partial charge is 0.465 e. The predicted molar refractivity (Wildman–Crippen MR) is 91.2 cm³/mol. The van der Waals surface area contributed by atoms with Crippen LogP contribution >= 0.6 is 12.4 Å². The number of esters is 1. The zero-order valence-corrected chi connectivity index (χ0v) is 13.5. The Morgan fingerprint density at radius 3 is 2.39 bits per heavy atom. The van der Waals surface area contributed by atoms with Crippen LogP contribution in [-0.4, -0.2) is 13.1 Å². The minimum Gasteiger partial charge on any atom is -0.465 e. The standard InChI is InChI=1S/C18H14O4.ClH/c1-11-7-6-10-13-15(19)14(18(20)21-2)17(22-16(11)13)12-8-4-3-5-9-12;/h3-10H,1-2H3;1H. The summed E-state index contributed by atoms with van der Waals surface area (Å²) in [5.41, 5.74) is 1.52. The molecule has 3 aromatic rings. The van der Waals surface area contributed by atoms with Gasteiger partial charge in [0.15, 0.2) is 11.3 Å². The number of para-hydroxylation sites is 1. The first-order chi connectivity index (χ1) is 10.6. The Kier molecular flexibility index (Phi) is 4.86. The maximum atomic E-state index is 12.7. The molecule has 1 heterocycles. The number of ether oxygens (including phenoxy) is 1. The van der Waals surface area contributed by atoms with Crippen LogP contribution in [0.15, 0.2) is 57.7 Å². The van der Waals surface area contributed by atoms with Gasteiger partial charge in [-0.1, -0.05) is 42.5 Å². The Balaban J connectivity index is 0.00000192. The smallest absolute Gasteiger partial charge is 0.345 e. The van der Waals surface area contributed by atoms with Gasteiger partial charge in [-0.2, -0.15) is 0 Å².